The maximum atomic E-state index is 9.54. The number of hydrogen-bond acceptors (Lipinski definition) is 7. The highest BCUT2D eigenvalue weighted by atomic mass is 16.5. The van der Waals surface area contributed by atoms with Crippen LogP contribution in [0.1, 0.15) is 26.8 Å². The summed E-state index contributed by atoms with van der Waals surface area (Å²) in [5.41, 5.74) is 2.61. The number of hydrogen-bond donors (Lipinski definition) is 1. The fourth-order valence-corrected chi connectivity index (χ4v) is 3.42. The molecule has 8 heteroatoms. The monoisotopic (exact) mass is 422 g/mol. The topological polar surface area (TPSA) is 87.7 Å². The van der Waals surface area contributed by atoms with Gasteiger partial charge in [-0.1, -0.05) is 7.43 Å². The summed E-state index contributed by atoms with van der Waals surface area (Å²) in [5.74, 6) is 1.61. The molecular weight excluding hydrogens is 392 g/mol. The molecule has 4 heterocycles. The molecule has 164 valence electrons. The Bertz CT molecular complexity index is 1060. The SMILES string of the molecule is C.COC(C)(C)COc1cc(-c2ccc(N3CCNCC3)nc2)c2c(C#N)cnn2c1. The van der Waals surface area contributed by atoms with Crippen LogP contribution in [0.15, 0.2) is 36.8 Å². The first kappa shape index (κ1) is 22.5. The molecule has 3 aromatic heterocycles. The molecule has 0 radical (unpaired) electrons. The lowest BCUT2D eigenvalue weighted by atomic mass is 10.1. The molecule has 31 heavy (non-hydrogen) atoms. The van der Waals surface area contributed by atoms with E-state index < -0.39 is 5.60 Å². The Hall–Kier alpha value is -3.15. The lowest BCUT2D eigenvalue weighted by Gasteiger charge is -2.28. The second-order valence-corrected chi connectivity index (χ2v) is 7.95. The number of piperazine rings is 1. The van der Waals surface area contributed by atoms with Gasteiger partial charge in [-0.15, -0.1) is 0 Å². The quantitative estimate of drug-likeness (QED) is 0.653. The molecule has 8 nitrogen and oxygen atoms in total. The van der Waals surface area contributed by atoms with Crippen molar-refractivity contribution in [3.63, 3.8) is 0 Å². The van der Waals surface area contributed by atoms with E-state index in [2.05, 4.69) is 26.4 Å². The number of nitrogens with zero attached hydrogens (tertiary/aromatic N) is 5. The predicted molar refractivity (Wildman–Crippen MR) is 122 cm³/mol. The number of pyridine rings is 2. The van der Waals surface area contributed by atoms with Gasteiger partial charge in [0.25, 0.3) is 0 Å². The van der Waals surface area contributed by atoms with Crippen molar-refractivity contribution < 1.29 is 9.47 Å². The maximum absolute atomic E-state index is 9.54. The van der Waals surface area contributed by atoms with Gasteiger partial charge in [0.1, 0.15) is 24.2 Å². The van der Waals surface area contributed by atoms with Crippen LogP contribution >= 0.6 is 0 Å². The molecule has 3 aromatic rings. The average Bonchev–Trinajstić information content (AvgIpc) is 3.21. The van der Waals surface area contributed by atoms with Gasteiger partial charge < -0.3 is 19.7 Å². The van der Waals surface area contributed by atoms with E-state index in [-0.39, 0.29) is 7.43 Å². The molecule has 0 bridgehead atoms. The van der Waals surface area contributed by atoms with Crippen molar-refractivity contribution in [2.24, 2.45) is 0 Å². The third-order valence-corrected chi connectivity index (χ3v) is 5.35. The normalized spacial score (nSPS) is 14.2. The number of nitriles is 1. The summed E-state index contributed by atoms with van der Waals surface area (Å²) in [7, 11) is 1.66. The van der Waals surface area contributed by atoms with Gasteiger partial charge in [0.15, 0.2) is 0 Å². The maximum Gasteiger partial charge on any atom is 0.138 e. The summed E-state index contributed by atoms with van der Waals surface area (Å²) in [6, 6.07) is 8.23. The van der Waals surface area contributed by atoms with Crippen LogP contribution in [0.5, 0.6) is 5.75 Å². The van der Waals surface area contributed by atoms with Gasteiger partial charge in [-0.25, -0.2) is 9.50 Å². The minimum Gasteiger partial charge on any atom is -0.489 e. The van der Waals surface area contributed by atoms with Gasteiger partial charge in [0.05, 0.1) is 29.1 Å². The Morgan fingerprint density at radius 3 is 2.65 bits per heavy atom. The van der Waals surface area contributed by atoms with Crippen LogP contribution in [0.25, 0.3) is 16.6 Å². The molecule has 0 amide bonds. The predicted octanol–water partition coefficient (Wildman–Crippen LogP) is 3.12. The molecule has 4 rings (SSSR count). The van der Waals surface area contributed by atoms with Crippen molar-refractivity contribution in [3.8, 4) is 22.9 Å². The number of anilines is 1. The Morgan fingerprint density at radius 2 is 2.00 bits per heavy atom. The van der Waals surface area contributed by atoms with Gasteiger partial charge in [-0.05, 0) is 32.0 Å². The molecule has 1 aliphatic heterocycles. The van der Waals surface area contributed by atoms with Crippen LogP contribution in [-0.2, 0) is 4.74 Å². The third kappa shape index (κ3) is 4.79. The first-order chi connectivity index (χ1) is 14.5. The van der Waals surface area contributed by atoms with Crippen molar-refractivity contribution >= 4 is 11.3 Å². The number of rotatable bonds is 6. The van der Waals surface area contributed by atoms with Crippen LogP contribution in [0.4, 0.5) is 5.82 Å². The highest BCUT2D eigenvalue weighted by molar-refractivity contribution is 5.85. The molecule has 1 saturated heterocycles. The standard InChI is InChI=1S/C22H26N6O2.CH4/c1-22(2,29-3)15-30-18-10-19(21-17(11-23)13-26-28(21)14-18)16-4-5-20(25-12-16)27-8-6-24-7-9-27;/h4-5,10,12-14,24H,6-9,15H2,1-3H3;1H4. The van der Waals surface area contributed by atoms with E-state index in [1.54, 1.807) is 24.0 Å². The highest BCUT2D eigenvalue weighted by Gasteiger charge is 2.19. The van der Waals surface area contributed by atoms with Gasteiger partial charge in [-0.3, -0.25) is 0 Å². The number of fused-ring (bicyclic) bond motifs is 1. The summed E-state index contributed by atoms with van der Waals surface area (Å²) in [6.45, 7) is 8.12. The Morgan fingerprint density at radius 1 is 1.23 bits per heavy atom. The van der Waals surface area contributed by atoms with E-state index in [9.17, 15) is 5.26 Å². The zero-order valence-electron chi connectivity index (χ0n) is 17.6. The van der Waals surface area contributed by atoms with Gasteiger partial charge in [0, 0.05) is 50.6 Å². The summed E-state index contributed by atoms with van der Waals surface area (Å²) in [5, 5.41) is 17.2. The van der Waals surface area contributed by atoms with Crippen molar-refractivity contribution in [3.05, 3.63) is 42.4 Å². The lowest BCUT2D eigenvalue weighted by Crippen LogP contribution is -2.43. The molecule has 0 atom stereocenters. The van der Waals surface area contributed by atoms with Crippen LogP contribution in [0, 0.1) is 11.3 Å². The van der Waals surface area contributed by atoms with E-state index in [0.717, 1.165) is 48.6 Å². The summed E-state index contributed by atoms with van der Waals surface area (Å²) >= 11 is 0. The number of ether oxygens (including phenoxy) is 2. The van der Waals surface area contributed by atoms with Crippen LogP contribution in [0.3, 0.4) is 0 Å². The first-order valence-electron chi connectivity index (χ1n) is 10.0. The molecule has 0 saturated carbocycles. The van der Waals surface area contributed by atoms with E-state index in [4.69, 9.17) is 9.47 Å². The molecule has 0 spiro atoms. The molecule has 1 aliphatic rings. The molecular formula is C23H30N6O2. The number of nitrogens with one attached hydrogen (secondary N) is 1. The van der Waals surface area contributed by atoms with Gasteiger partial charge in [0.2, 0.25) is 0 Å². The highest BCUT2D eigenvalue weighted by Crippen LogP contribution is 2.31. The second-order valence-electron chi connectivity index (χ2n) is 7.95. The average molecular weight is 423 g/mol. The molecule has 1 fully saturated rings. The van der Waals surface area contributed by atoms with Crippen LogP contribution in [0.2, 0.25) is 0 Å². The lowest BCUT2D eigenvalue weighted by molar-refractivity contribution is -0.0147. The first-order valence-corrected chi connectivity index (χ1v) is 10.0. The zero-order chi connectivity index (χ0) is 21.1. The Labute approximate surface area is 183 Å². The summed E-state index contributed by atoms with van der Waals surface area (Å²) < 4.78 is 13.1. The minimum atomic E-state index is -0.413. The van der Waals surface area contributed by atoms with Gasteiger partial charge >= 0.3 is 0 Å². The molecule has 1 N–H and O–H groups in total. The van der Waals surface area contributed by atoms with Crippen molar-refractivity contribution in [2.75, 3.05) is 44.8 Å². The number of methoxy groups -OCH3 is 1. The van der Waals surface area contributed by atoms with Crippen molar-refractivity contribution in [1.82, 2.24) is 19.9 Å². The molecule has 0 unspecified atom stereocenters. The minimum absolute atomic E-state index is 0. The van der Waals surface area contributed by atoms with E-state index in [1.807, 2.05) is 38.2 Å². The summed E-state index contributed by atoms with van der Waals surface area (Å²) in [4.78, 5) is 6.94. The second kappa shape index (κ2) is 9.33. The largest absolute Gasteiger partial charge is 0.489 e. The fraction of sp³-hybridized carbons (Fsp3) is 0.435. The molecule has 0 aliphatic carbocycles. The Balaban J connectivity index is 0.00000272. The van der Waals surface area contributed by atoms with Crippen molar-refractivity contribution in [1.29, 1.82) is 5.26 Å². The third-order valence-electron chi connectivity index (χ3n) is 5.35. The fourth-order valence-electron chi connectivity index (χ4n) is 3.42. The van der Waals surface area contributed by atoms with Crippen LogP contribution < -0.4 is 15.0 Å². The van der Waals surface area contributed by atoms with Crippen LogP contribution in [-0.4, -0.2) is 60.1 Å². The zero-order valence-corrected chi connectivity index (χ0v) is 17.6. The van der Waals surface area contributed by atoms with E-state index in [1.165, 1.54) is 0 Å². The van der Waals surface area contributed by atoms with Crippen molar-refractivity contribution in [2.45, 2.75) is 26.9 Å². The van der Waals surface area contributed by atoms with Gasteiger partial charge in [-0.2, -0.15) is 10.4 Å². The Kier molecular flexibility index (Phi) is 6.78. The smallest absolute Gasteiger partial charge is 0.138 e. The number of aromatic nitrogens is 3. The van der Waals surface area contributed by atoms with E-state index in [0.29, 0.717) is 17.9 Å². The summed E-state index contributed by atoms with van der Waals surface area (Å²) in [6.07, 6.45) is 5.21. The van der Waals surface area contributed by atoms with E-state index >= 15 is 0 Å². The molecule has 0 aromatic carbocycles.